The molecule has 0 unspecified atom stereocenters. The summed E-state index contributed by atoms with van der Waals surface area (Å²) in [5.41, 5.74) is 6.17. The number of ether oxygens (including phenoxy) is 2. The molecule has 0 bridgehead atoms. The first-order valence-corrected chi connectivity index (χ1v) is 12.6. The van der Waals surface area contributed by atoms with Crippen molar-refractivity contribution in [2.45, 2.75) is 26.2 Å². The van der Waals surface area contributed by atoms with Gasteiger partial charge in [0.15, 0.2) is 5.11 Å². The molecule has 4 N–H and O–H groups in total. The van der Waals surface area contributed by atoms with E-state index in [9.17, 15) is 14.4 Å². The summed E-state index contributed by atoms with van der Waals surface area (Å²) in [6.07, 6.45) is 2.20. The molecule has 0 aliphatic rings. The van der Waals surface area contributed by atoms with Crippen LogP contribution < -0.4 is 31.0 Å². The Hall–Kier alpha value is -4.44. The first kappa shape index (κ1) is 28.1. The summed E-state index contributed by atoms with van der Waals surface area (Å²) < 4.78 is 11.3. The van der Waals surface area contributed by atoms with Crippen molar-refractivity contribution in [1.29, 1.82) is 0 Å². The topological polar surface area (TPSA) is 118 Å². The third-order valence-electron chi connectivity index (χ3n) is 5.19. The van der Waals surface area contributed by atoms with Gasteiger partial charge in [0.25, 0.3) is 11.8 Å². The molecule has 10 heteroatoms. The van der Waals surface area contributed by atoms with Crippen LogP contribution in [0.1, 0.15) is 46.9 Å². The smallest absolute Gasteiger partial charge is 0.269 e. The summed E-state index contributed by atoms with van der Waals surface area (Å²) in [6.45, 7) is 2.56. The maximum atomic E-state index is 12.7. The van der Waals surface area contributed by atoms with Crippen LogP contribution in [0, 0.1) is 0 Å². The lowest BCUT2D eigenvalue weighted by molar-refractivity contribution is -0.116. The molecule has 0 spiro atoms. The molecular weight excluding hydrogens is 504 g/mol. The highest BCUT2D eigenvalue weighted by Gasteiger charge is 2.14. The number of rotatable bonds is 11. The molecular formula is C28H30N4O5S. The van der Waals surface area contributed by atoms with E-state index >= 15 is 0 Å². The number of nitrogens with one attached hydrogen (secondary N) is 4. The van der Waals surface area contributed by atoms with Gasteiger partial charge in [-0.2, -0.15) is 0 Å². The second-order valence-electron chi connectivity index (χ2n) is 8.10. The Morgan fingerprint density at radius 2 is 1.47 bits per heavy atom. The molecule has 0 radical (unpaired) electrons. The summed E-state index contributed by atoms with van der Waals surface area (Å²) in [4.78, 5) is 37.0. The predicted octanol–water partition coefficient (Wildman–Crippen LogP) is 4.22. The van der Waals surface area contributed by atoms with Gasteiger partial charge in [0.1, 0.15) is 24.7 Å². The number of hydrogen-bond acceptors (Lipinski definition) is 6. The van der Waals surface area contributed by atoms with Crippen molar-refractivity contribution in [1.82, 2.24) is 16.2 Å². The summed E-state index contributed by atoms with van der Waals surface area (Å²) in [7, 11) is 0. The second-order valence-corrected chi connectivity index (χ2v) is 8.51. The van der Waals surface area contributed by atoms with Gasteiger partial charge >= 0.3 is 0 Å². The number of benzene rings is 3. The van der Waals surface area contributed by atoms with E-state index in [0.29, 0.717) is 30.0 Å². The summed E-state index contributed by atoms with van der Waals surface area (Å²) in [5.74, 6) is 0.0625. The van der Waals surface area contributed by atoms with E-state index < -0.39 is 11.8 Å². The summed E-state index contributed by atoms with van der Waals surface area (Å²) in [5, 5.41) is 5.21. The van der Waals surface area contributed by atoms with E-state index in [-0.39, 0.29) is 23.2 Å². The van der Waals surface area contributed by atoms with Crippen LogP contribution in [0.2, 0.25) is 0 Å². The van der Waals surface area contributed by atoms with Crippen LogP contribution in [0.3, 0.4) is 0 Å². The van der Waals surface area contributed by atoms with Crippen molar-refractivity contribution < 1.29 is 23.9 Å². The van der Waals surface area contributed by atoms with Gasteiger partial charge in [-0.15, -0.1) is 0 Å². The molecule has 0 heterocycles. The zero-order chi connectivity index (χ0) is 27.2. The van der Waals surface area contributed by atoms with Crippen LogP contribution in [0.4, 0.5) is 5.69 Å². The van der Waals surface area contributed by atoms with E-state index in [2.05, 4.69) is 21.5 Å². The molecule has 9 nitrogen and oxygen atoms in total. The van der Waals surface area contributed by atoms with Crippen molar-refractivity contribution in [2.75, 3.05) is 18.5 Å². The number of unbranched alkanes of at least 4 members (excludes halogenated alkanes) is 1. The molecule has 3 rings (SSSR count). The lowest BCUT2D eigenvalue weighted by Gasteiger charge is -2.14. The van der Waals surface area contributed by atoms with Crippen LogP contribution >= 0.6 is 12.2 Å². The van der Waals surface area contributed by atoms with Crippen molar-refractivity contribution in [3.63, 3.8) is 0 Å². The molecule has 198 valence electrons. The van der Waals surface area contributed by atoms with E-state index in [4.69, 9.17) is 21.7 Å². The van der Waals surface area contributed by atoms with Crippen LogP contribution in [-0.4, -0.2) is 36.0 Å². The van der Waals surface area contributed by atoms with Gasteiger partial charge in [-0.25, -0.2) is 0 Å². The molecule has 0 aliphatic heterocycles. The Kier molecular flexibility index (Phi) is 11.1. The Balaban J connectivity index is 1.44. The first-order valence-electron chi connectivity index (χ1n) is 12.2. The Morgan fingerprint density at radius 1 is 0.789 bits per heavy atom. The van der Waals surface area contributed by atoms with Crippen LogP contribution in [0.15, 0.2) is 78.9 Å². The highest BCUT2D eigenvalue weighted by molar-refractivity contribution is 7.80. The Labute approximate surface area is 226 Å². The number of anilines is 1. The largest absolute Gasteiger partial charge is 0.490 e. The van der Waals surface area contributed by atoms with Gasteiger partial charge in [-0.3, -0.25) is 30.6 Å². The standard InChI is InChI=1S/C28H30N4O5S/c1-2-3-13-25(33)29-21-16-14-20(15-17-21)26(34)31-32-28(38)30-27(35)23-11-7-8-12-24(23)37-19-18-36-22-9-5-4-6-10-22/h4-12,14-17H,2-3,13,18-19H2,1H3,(H,29,33)(H,31,34)(H2,30,32,35,38). The summed E-state index contributed by atoms with van der Waals surface area (Å²) in [6, 6.07) is 22.5. The van der Waals surface area contributed by atoms with E-state index in [1.807, 2.05) is 37.3 Å². The average Bonchev–Trinajstić information content (AvgIpc) is 2.94. The van der Waals surface area contributed by atoms with Gasteiger partial charge < -0.3 is 14.8 Å². The van der Waals surface area contributed by atoms with E-state index in [1.54, 1.807) is 48.5 Å². The molecule has 0 fully saturated rings. The van der Waals surface area contributed by atoms with E-state index in [0.717, 1.165) is 18.6 Å². The van der Waals surface area contributed by atoms with E-state index in [1.165, 1.54) is 0 Å². The average molecular weight is 535 g/mol. The van der Waals surface area contributed by atoms with Crippen LogP contribution in [0.25, 0.3) is 0 Å². The number of thiocarbonyl (C=S) groups is 1. The third-order valence-corrected chi connectivity index (χ3v) is 5.39. The molecule has 0 saturated carbocycles. The van der Waals surface area contributed by atoms with Crippen LogP contribution in [0.5, 0.6) is 11.5 Å². The van der Waals surface area contributed by atoms with Crippen LogP contribution in [-0.2, 0) is 4.79 Å². The van der Waals surface area contributed by atoms with Crippen molar-refractivity contribution in [3.8, 4) is 11.5 Å². The second kappa shape index (κ2) is 15.0. The Morgan fingerprint density at radius 3 is 2.21 bits per heavy atom. The highest BCUT2D eigenvalue weighted by Crippen LogP contribution is 2.18. The number of carbonyl (C=O) groups excluding carboxylic acids is 3. The zero-order valence-electron chi connectivity index (χ0n) is 21.0. The van der Waals surface area contributed by atoms with Gasteiger partial charge in [0.05, 0.1) is 5.56 Å². The molecule has 0 saturated heterocycles. The van der Waals surface area contributed by atoms with Gasteiger partial charge in [-0.05, 0) is 67.2 Å². The fourth-order valence-electron chi connectivity index (χ4n) is 3.26. The van der Waals surface area contributed by atoms with Crippen molar-refractivity contribution in [3.05, 3.63) is 90.0 Å². The fourth-order valence-corrected chi connectivity index (χ4v) is 3.40. The third kappa shape index (κ3) is 9.21. The minimum absolute atomic E-state index is 0.0701. The predicted molar refractivity (Wildman–Crippen MR) is 149 cm³/mol. The molecule has 0 aliphatic carbocycles. The maximum absolute atomic E-state index is 12.7. The summed E-state index contributed by atoms with van der Waals surface area (Å²) >= 11 is 5.14. The van der Waals surface area contributed by atoms with Crippen molar-refractivity contribution >= 4 is 40.7 Å². The number of amides is 3. The van der Waals surface area contributed by atoms with Gasteiger partial charge in [-0.1, -0.05) is 43.7 Å². The molecule has 3 amide bonds. The monoisotopic (exact) mass is 534 g/mol. The molecule has 3 aromatic carbocycles. The fraction of sp³-hybridized carbons (Fsp3) is 0.214. The lowest BCUT2D eigenvalue weighted by Crippen LogP contribution is -2.48. The number of hydrogen-bond donors (Lipinski definition) is 4. The maximum Gasteiger partial charge on any atom is 0.269 e. The quantitative estimate of drug-likeness (QED) is 0.165. The van der Waals surface area contributed by atoms with Crippen molar-refractivity contribution in [2.24, 2.45) is 0 Å². The highest BCUT2D eigenvalue weighted by atomic mass is 32.1. The zero-order valence-corrected chi connectivity index (χ0v) is 21.8. The molecule has 3 aromatic rings. The lowest BCUT2D eigenvalue weighted by atomic mass is 10.2. The molecule has 0 atom stereocenters. The first-order chi connectivity index (χ1) is 18.5. The Bertz CT molecular complexity index is 1240. The number of para-hydroxylation sites is 2. The normalized spacial score (nSPS) is 10.1. The number of carbonyl (C=O) groups is 3. The minimum Gasteiger partial charge on any atom is -0.490 e. The van der Waals surface area contributed by atoms with Gasteiger partial charge in [0, 0.05) is 17.7 Å². The molecule has 38 heavy (non-hydrogen) atoms. The van der Waals surface area contributed by atoms with Gasteiger partial charge in [0.2, 0.25) is 5.91 Å². The number of hydrazine groups is 1. The molecule has 0 aromatic heterocycles. The minimum atomic E-state index is -0.500. The SMILES string of the molecule is CCCCC(=O)Nc1ccc(C(=O)NNC(=S)NC(=O)c2ccccc2OCCOc2ccccc2)cc1.